The highest BCUT2D eigenvalue weighted by Gasteiger charge is 2.34. The second-order valence-electron chi connectivity index (χ2n) is 6.52. The number of amides is 1. The molecule has 0 saturated carbocycles. The molecule has 130 valence electrons. The minimum atomic E-state index is -0.465. The van der Waals surface area contributed by atoms with Crippen molar-refractivity contribution in [2.24, 2.45) is 0 Å². The highest BCUT2D eigenvalue weighted by molar-refractivity contribution is 6.31. The molecule has 1 unspecified atom stereocenters. The van der Waals surface area contributed by atoms with Crippen molar-refractivity contribution in [2.45, 2.75) is 19.4 Å². The Morgan fingerprint density at radius 1 is 1.32 bits per heavy atom. The molecule has 2 aromatic rings. The van der Waals surface area contributed by atoms with E-state index >= 15 is 0 Å². The summed E-state index contributed by atoms with van der Waals surface area (Å²) in [6.07, 6.45) is 3.68. The number of carbonyl (C=O) groups is 1. The number of nitrogens with zero attached hydrogens (tertiary/aromatic N) is 2. The maximum Gasteiger partial charge on any atom is 0.264 e. The quantitative estimate of drug-likeness (QED) is 0.897. The van der Waals surface area contributed by atoms with Crippen LogP contribution in [0.25, 0.3) is 11.1 Å². The van der Waals surface area contributed by atoms with E-state index in [0.717, 1.165) is 54.2 Å². The number of piperazine rings is 1. The van der Waals surface area contributed by atoms with Crippen LogP contribution in [0.2, 0.25) is 5.02 Å². The predicted molar refractivity (Wildman–Crippen MR) is 97.0 cm³/mol. The summed E-state index contributed by atoms with van der Waals surface area (Å²) in [6.45, 7) is 5.13. The molecule has 0 aliphatic carbocycles. The van der Waals surface area contributed by atoms with Gasteiger partial charge in [-0.3, -0.25) is 9.78 Å². The normalized spacial score (nSPS) is 19.4. The van der Waals surface area contributed by atoms with Crippen LogP contribution in [0.3, 0.4) is 0 Å². The lowest BCUT2D eigenvalue weighted by Gasteiger charge is -2.29. The number of pyridine rings is 1. The van der Waals surface area contributed by atoms with Gasteiger partial charge in [-0.1, -0.05) is 11.6 Å². The van der Waals surface area contributed by atoms with Gasteiger partial charge in [0.25, 0.3) is 5.91 Å². The Morgan fingerprint density at radius 2 is 2.12 bits per heavy atom. The topological polar surface area (TPSA) is 54.5 Å². The second-order valence-corrected chi connectivity index (χ2v) is 6.95. The average Bonchev–Trinajstić information content (AvgIpc) is 3.05. The van der Waals surface area contributed by atoms with Crippen molar-refractivity contribution in [3.05, 3.63) is 46.7 Å². The molecular weight excluding hydrogens is 338 g/mol. The number of carbonyl (C=O) groups excluding carboxylic acids is 1. The molecule has 25 heavy (non-hydrogen) atoms. The Kier molecular flexibility index (Phi) is 4.36. The molecule has 2 aliphatic rings. The highest BCUT2D eigenvalue weighted by Crippen LogP contribution is 2.42. The zero-order valence-corrected chi connectivity index (χ0v) is 14.8. The number of rotatable bonds is 2. The monoisotopic (exact) mass is 357 g/mol. The molecule has 5 nitrogen and oxygen atoms in total. The van der Waals surface area contributed by atoms with Gasteiger partial charge in [0, 0.05) is 61.1 Å². The predicted octanol–water partition coefficient (Wildman–Crippen LogP) is 2.45. The molecule has 0 bridgehead atoms. The summed E-state index contributed by atoms with van der Waals surface area (Å²) in [6, 6.07) is 5.76. The van der Waals surface area contributed by atoms with Gasteiger partial charge in [0.2, 0.25) is 0 Å². The van der Waals surface area contributed by atoms with Crippen molar-refractivity contribution >= 4 is 17.5 Å². The van der Waals surface area contributed by atoms with E-state index in [4.69, 9.17) is 16.3 Å². The van der Waals surface area contributed by atoms with Crippen LogP contribution in [-0.4, -0.2) is 48.1 Å². The average molecular weight is 358 g/mol. The van der Waals surface area contributed by atoms with Gasteiger partial charge in [0.15, 0.2) is 6.10 Å². The third-order valence-electron chi connectivity index (χ3n) is 4.81. The van der Waals surface area contributed by atoms with Crippen LogP contribution >= 0.6 is 11.6 Å². The minimum absolute atomic E-state index is 0.0613. The van der Waals surface area contributed by atoms with Crippen LogP contribution < -0.4 is 10.1 Å². The number of nitrogens with one attached hydrogen (secondary N) is 1. The first-order valence-corrected chi connectivity index (χ1v) is 8.91. The zero-order valence-electron chi connectivity index (χ0n) is 14.1. The molecule has 2 aliphatic heterocycles. The van der Waals surface area contributed by atoms with Gasteiger partial charge in [-0.2, -0.15) is 0 Å². The van der Waals surface area contributed by atoms with Crippen LogP contribution in [0.15, 0.2) is 30.6 Å². The number of aryl methyl sites for hydroxylation is 1. The number of hydrogen-bond donors (Lipinski definition) is 1. The first-order valence-electron chi connectivity index (χ1n) is 8.53. The third-order valence-corrected chi connectivity index (χ3v) is 5.03. The maximum atomic E-state index is 12.8. The van der Waals surface area contributed by atoms with Gasteiger partial charge in [-0.15, -0.1) is 0 Å². The van der Waals surface area contributed by atoms with Crippen molar-refractivity contribution in [3.8, 4) is 16.9 Å². The minimum Gasteiger partial charge on any atom is -0.479 e. The van der Waals surface area contributed by atoms with E-state index in [0.29, 0.717) is 11.4 Å². The summed E-state index contributed by atoms with van der Waals surface area (Å²) >= 11 is 6.33. The summed E-state index contributed by atoms with van der Waals surface area (Å²) in [4.78, 5) is 18.8. The van der Waals surface area contributed by atoms with Crippen LogP contribution in [-0.2, 0) is 11.2 Å². The number of ether oxygens (including phenoxy) is 1. The summed E-state index contributed by atoms with van der Waals surface area (Å²) < 4.78 is 6.13. The number of fused-ring (bicyclic) bond motifs is 1. The Hall–Kier alpha value is -2.11. The number of hydrogen-bond acceptors (Lipinski definition) is 4. The number of aromatic nitrogens is 1. The molecule has 6 heteroatoms. The molecule has 1 aromatic heterocycles. The van der Waals surface area contributed by atoms with Gasteiger partial charge < -0.3 is 15.0 Å². The molecule has 0 radical (unpaired) electrons. The Balaban J connectivity index is 1.66. The van der Waals surface area contributed by atoms with Gasteiger partial charge in [-0.05, 0) is 36.2 Å². The van der Waals surface area contributed by atoms with Crippen molar-refractivity contribution in [1.82, 2.24) is 15.2 Å². The van der Waals surface area contributed by atoms with Crippen molar-refractivity contribution in [3.63, 3.8) is 0 Å². The summed E-state index contributed by atoms with van der Waals surface area (Å²) in [5.41, 5.74) is 4.00. The van der Waals surface area contributed by atoms with Crippen LogP contribution in [0.1, 0.15) is 11.1 Å². The number of benzene rings is 1. The standard InChI is InChI=1S/C19H20ClN3O2/c1-12-11-22-3-2-15(12)16-10-14(20)8-13-9-17(25-18(13)16)19(24)23-6-4-21-5-7-23/h2-3,8,10-11,17,21H,4-7,9H2,1H3. The van der Waals surface area contributed by atoms with Crippen molar-refractivity contribution in [2.75, 3.05) is 26.2 Å². The first-order chi connectivity index (χ1) is 12.1. The van der Waals surface area contributed by atoms with Gasteiger partial charge >= 0.3 is 0 Å². The molecule has 1 N–H and O–H groups in total. The molecule has 1 saturated heterocycles. The molecule has 0 spiro atoms. The third kappa shape index (κ3) is 3.10. The molecule has 1 fully saturated rings. The van der Waals surface area contributed by atoms with E-state index in [1.807, 2.05) is 36.2 Å². The largest absolute Gasteiger partial charge is 0.479 e. The SMILES string of the molecule is Cc1cnccc1-c1cc(Cl)cc2c1OC(C(=O)N1CCNCC1)C2. The van der Waals surface area contributed by atoms with E-state index in [9.17, 15) is 4.79 Å². The fraction of sp³-hybridized carbons (Fsp3) is 0.368. The smallest absolute Gasteiger partial charge is 0.264 e. The van der Waals surface area contributed by atoms with E-state index in [2.05, 4.69) is 10.3 Å². The maximum absolute atomic E-state index is 12.8. The summed E-state index contributed by atoms with van der Waals surface area (Å²) in [5, 5.41) is 3.92. The summed E-state index contributed by atoms with van der Waals surface area (Å²) in [5.74, 6) is 0.832. The fourth-order valence-corrected chi connectivity index (χ4v) is 3.77. The van der Waals surface area contributed by atoms with Crippen LogP contribution in [0.5, 0.6) is 5.75 Å². The van der Waals surface area contributed by atoms with E-state index in [1.54, 1.807) is 6.20 Å². The Labute approximate surface area is 152 Å². The van der Waals surface area contributed by atoms with E-state index < -0.39 is 6.10 Å². The van der Waals surface area contributed by atoms with Gasteiger partial charge in [0.1, 0.15) is 5.75 Å². The fourth-order valence-electron chi connectivity index (χ4n) is 3.53. The van der Waals surface area contributed by atoms with Crippen molar-refractivity contribution in [1.29, 1.82) is 0 Å². The van der Waals surface area contributed by atoms with Gasteiger partial charge in [0.05, 0.1) is 0 Å². The first kappa shape index (κ1) is 16.4. The lowest BCUT2D eigenvalue weighted by atomic mass is 9.98. The van der Waals surface area contributed by atoms with Gasteiger partial charge in [-0.25, -0.2) is 0 Å². The van der Waals surface area contributed by atoms with E-state index in [-0.39, 0.29) is 5.91 Å². The van der Waals surface area contributed by atoms with E-state index in [1.165, 1.54) is 0 Å². The lowest BCUT2D eigenvalue weighted by molar-refractivity contribution is -0.138. The summed E-state index contributed by atoms with van der Waals surface area (Å²) in [7, 11) is 0. The van der Waals surface area contributed by atoms with Crippen LogP contribution in [0, 0.1) is 6.92 Å². The molecular formula is C19H20ClN3O2. The lowest BCUT2D eigenvalue weighted by Crippen LogP contribution is -2.50. The van der Waals surface area contributed by atoms with Crippen LogP contribution in [0.4, 0.5) is 0 Å². The highest BCUT2D eigenvalue weighted by atomic mass is 35.5. The Bertz CT molecular complexity index is 818. The molecule has 3 heterocycles. The molecule has 4 rings (SSSR count). The Morgan fingerprint density at radius 3 is 2.88 bits per heavy atom. The number of halogens is 1. The van der Waals surface area contributed by atoms with Crippen molar-refractivity contribution < 1.29 is 9.53 Å². The zero-order chi connectivity index (χ0) is 17.4. The molecule has 1 amide bonds. The molecule has 1 aromatic carbocycles. The second kappa shape index (κ2) is 6.65. The molecule has 1 atom stereocenters.